The molecule has 7 heteroatoms. The number of rotatable bonds is 4. The summed E-state index contributed by atoms with van der Waals surface area (Å²) < 4.78 is 0. The smallest absolute Gasteiger partial charge is 0.174 e. The molecule has 0 amide bonds. The van der Waals surface area contributed by atoms with E-state index in [0.29, 0.717) is 10.3 Å². The van der Waals surface area contributed by atoms with Crippen molar-refractivity contribution >= 4 is 28.9 Å². The Morgan fingerprint density at radius 3 is 2.82 bits per heavy atom. The Kier molecular flexibility index (Phi) is 4.79. The second-order valence-corrected chi connectivity index (χ2v) is 4.64. The Labute approximate surface area is 110 Å². The number of aromatic nitrogens is 2. The summed E-state index contributed by atoms with van der Waals surface area (Å²) in [5.74, 6) is 0. The van der Waals surface area contributed by atoms with Crippen molar-refractivity contribution in [1.82, 2.24) is 20.4 Å². The molecule has 0 bridgehead atoms. The van der Waals surface area contributed by atoms with Gasteiger partial charge in [0, 0.05) is 45.3 Å². The summed E-state index contributed by atoms with van der Waals surface area (Å²) in [6.45, 7) is 6.10. The van der Waals surface area contributed by atoms with Gasteiger partial charge < -0.3 is 10.6 Å². The highest BCUT2D eigenvalue weighted by atomic mass is 35.5. The maximum atomic E-state index is 5.90. The van der Waals surface area contributed by atoms with E-state index in [9.17, 15) is 0 Å². The molecule has 1 aliphatic heterocycles. The molecule has 1 saturated heterocycles. The summed E-state index contributed by atoms with van der Waals surface area (Å²) in [6, 6.07) is 1.69. The maximum absolute atomic E-state index is 5.90. The van der Waals surface area contributed by atoms with Crippen molar-refractivity contribution in [3.8, 4) is 0 Å². The van der Waals surface area contributed by atoms with Crippen LogP contribution >= 0.6 is 23.2 Å². The van der Waals surface area contributed by atoms with Crippen molar-refractivity contribution in [2.45, 2.75) is 0 Å². The van der Waals surface area contributed by atoms with Crippen molar-refractivity contribution in [2.24, 2.45) is 0 Å². The number of hydrogen-bond acceptors (Lipinski definition) is 5. The Morgan fingerprint density at radius 1 is 1.29 bits per heavy atom. The van der Waals surface area contributed by atoms with Gasteiger partial charge in [-0.1, -0.05) is 23.2 Å². The predicted octanol–water partition coefficient (Wildman–Crippen LogP) is 1.10. The first-order valence-electron chi connectivity index (χ1n) is 5.61. The van der Waals surface area contributed by atoms with E-state index in [0.717, 1.165) is 45.0 Å². The standard InChI is InChI=1S/C10H15Cl2N5/c11-9-7-8(10(12)16-15-9)14-3-6-17-4-1-13-2-5-17/h7,13H,1-6H2,(H,14,15). The van der Waals surface area contributed by atoms with Gasteiger partial charge in [0.15, 0.2) is 10.3 Å². The third-order valence-electron chi connectivity index (χ3n) is 2.67. The molecule has 2 heterocycles. The van der Waals surface area contributed by atoms with Crippen LogP contribution < -0.4 is 10.6 Å². The first-order chi connectivity index (χ1) is 8.25. The summed E-state index contributed by atoms with van der Waals surface area (Å²) >= 11 is 11.7. The van der Waals surface area contributed by atoms with E-state index in [1.165, 1.54) is 0 Å². The molecular weight excluding hydrogens is 261 g/mol. The van der Waals surface area contributed by atoms with Crippen LogP contribution in [0.3, 0.4) is 0 Å². The minimum absolute atomic E-state index is 0.346. The van der Waals surface area contributed by atoms with Crippen LogP contribution in [0.2, 0.25) is 10.3 Å². The van der Waals surface area contributed by atoms with E-state index in [-0.39, 0.29) is 0 Å². The first-order valence-corrected chi connectivity index (χ1v) is 6.37. The van der Waals surface area contributed by atoms with E-state index < -0.39 is 0 Å². The van der Waals surface area contributed by atoms with Gasteiger partial charge in [0.2, 0.25) is 0 Å². The molecule has 0 aromatic carbocycles. The molecule has 0 aliphatic carbocycles. The van der Waals surface area contributed by atoms with Crippen molar-refractivity contribution in [1.29, 1.82) is 0 Å². The Morgan fingerprint density at radius 2 is 2.06 bits per heavy atom. The van der Waals surface area contributed by atoms with Crippen LogP contribution in [0.15, 0.2) is 6.07 Å². The second kappa shape index (κ2) is 6.35. The van der Waals surface area contributed by atoms with E-state index in [4.69, 9.17) is 23.2 Å². The number of hydrogen-bond donors (Lipinski definition) is 2. The predicted molar refractivity (Wildman–Crippen MR) is 69.9 cm³/mol. The lowest BCUT2D eigenvalue weighted by Gasteiger charge is -2.27. The lowest BCUT2D eigenvalue weighted by Crippen LogP contribution is -2.45. The average Bonchev–Trinajstić information content (AvgIpc) is 2.35. The fourth-order valence-corrected chi connectivity index (χ4v) is 2.07. The summed E-state index contributed by atoms with van der Waals surface area (Å²) in [5.41, 5.74) is 0.738. The molecule has 0 saturated carbocycles. The molecule has 2 N–H and O–H groups in total. The number of nitrogens with one attached hydrogen (secondary N) is 2. The van der Waals surface area contributed by atoms with E-state index in [1.54, 1.807) is 6.07 Å². The van der Waals surface area contributed by atoms with Gasteiger partial charge in [-0.2, -0.15) is 0 Å². The molecule has 0 spiro atoms. The van der Waals surface area contributed by atoms with Gasteiger partial charge in [0.1, 0.15) is 0 Å². The van der Waals surface area contributed by atoms with Crippen LogP contribution in [0, 0.1) is 0 Å². The van der Waals surface area contributed by atoms with Crippen LogP contribution in [0.25, 0.3) is 0 Å². The van der Waals surface area contributed by atoms with Crippen LogP contribution in [0.1, 0.15) is 0 Å². The number of anilines is 1. The molecule has 1 aliphatic rings. The van der Waals surface area contributed by atoms with E-state index >= 15 is 0 Å². The maximum Gasteiger partial charge on any atom is 0.174 e. The van der Waals surface area contributed by atoms with Gasteiger partial charge >= 0.3 is 0 Å². The molecule has 94 valence electrons. The highest BCUT2D eigenvalue weighted by Crippen LogP contribution is 2.20. The normalized spacial score (nSPS) is 17.1. The van der Waals surface area contributed by atoms with Crippen LogP contribution in [0.5, 0.6) is 0 Å². The van der Waals surface area contributed by atoms with Gasteiger partial charge in [-0.05, 0) is 0 Å². The summed E-state index contributed by atoms with van der Waals surface area (Å²) in [5, 5.41) is 14.6. The van der Waals surface area contributed by atoms with Crippen molar-refractivity contribution in [3.63, 3.8) is 0 Å². The van der Waals surface area contributed by atoms with Gasteiger partial charge in [0.25, 0.3) is 0 Å². The molecular formula is C10H15Cl2N5. The lowest BCUT2D eigenvalue weighted by atomic mass is 10.3. The van der Waals surface area contributed by atoms with Crippen molar-refractivity contribution in [3.05, 3.63) is 16.4 Å². The number of nitrogens with zero attached hydrogens (tertiary/aromatic N) is 3. The molecule has 1 fully saturated rings. The molecule has 1 aromatic heterocycles. The van der Waals surface area contributed by atoms with Gasteiger partial charge in [-0.15, -0.1) is 10.2 Å². The topological polar surface area (TPSA) is 53.1 Å². The average molecular weight is 276 g/mol. The molecule has 0 atom stereocenters. The molecule has 0 unspecified atom stereocenters. The number of halogens is 2. The quantitative estimate of drug-likeness (QED) is 0.862. The van der Waals surface area contributed by atoms with Gasteiger partial charge in [0.05, 0.1) is 5.69 Å². The van der Waals surface area contributed by atoms with E-state index in [1.807, 2.05) is 0 Å². The second-order valence-electron chi connectivity index (χ2n) is 3.89. The fourth-order valence-electron chi connectivity index (χ4n) is 1.76. The zero-order chi connectivity index (χ0) is 12.1. The fraction of sp³-hybridized carbons (Fsp3) is 0.600. The molecule has 1 aromatic rings. The Balaban J connectivity index is 1.79. The molecule has 17 heavy (non-hydrogen) atoms. The van der Waals surface area contributed by atoms with Crippen molar-refractivity contribution in [2.75, 3.05) is 44.6 Å². The molecule has 5 nitrogen and oxygen atoms in total. The lowest BCUT2D eigenvalue weighted by molar-refractivity contribution is 0.249. The minimum Gasteiger partial charge on any atom is -0.381 e. The third-order valence-corrected chi connectivity index (χ3v) is 3.14. The highest BCUT2D eigenvalue weighted by molar-refractivity contribution is 6.33. The molecule has 0 radical (unpaired) electrons. The van der Waals surface area contributed by atoms with Gasteiger partial charge in [-0.3, -0.25) is 4.90 Å². The largest absolute Gasteiger partial charge is 0.381 e. The summed E-state index contributed by atoms with van der Waals surface area (Å²) in [6.07, 6.45) is 0. The highest BCUT2D eigenvalue weighted by Gasteiger charge is 2.09. The summed E-state index contributed by atoms with van der Waals surface area (Å²) in [7, 11) is 0. The number of piperazine rings is 1. The third kappa shape index (κ3) is 3.96. The van der Waals surface area contributed by atoms with Crippen LogP contribution in [-0.4, -0.2) is 54.4 Å². The zero-order valence-corrected chi connectivity index (χ0v) is 10.9. The Hall–Kier alpha value is -0.620. The Bertz CT molecular complexity index is 368. The van der Waals surface area contributed by atoms with Crippen molar-refractivity contribution < 1.29 is 0 Å². The van der Waals surface area contributed by atoms with Gasteiger partial charge in [-0.25, -0.2) is 0 Å². The SMILES string of the molecule is Clc1cc(NCCN2CCNCC2)c(Cl)nn1. The molecule has 2 rings (SSSR count). The van der Waals surface area contributed by atoms with Crippen LogP contribution in [0.4, 0.5) is 5.69 Å². The first kappa shape index (κ1) is 12.8. The minimum atomic E-state index is 0.346. The monoisotopic (exact) mass is 275 g/mol. The van der Waals surface area contributed by atoms with E-state index in [2.05, 4.69) is 25.7 Å². The summed E-state index contributed by atoms with van der Waals surface area (Å²) in [4.78, 5) is 2.40. The zero-order valence-electron chi connectivity index (χ0n) is 9.42. The van der Waals surface area contributed by atoms with Crippen LogP contribution in [-0.2, 0) is 0 Å².